The molecule has 22 heavy (non-hydrogen) atoms. The second-order valence-corrected chi connectivity index (χ2v) is 6.52. The van der Waals surface area contributed by atoms with Crippen molar-refractivity contribution in [2.24, 2.45) is 5.92 Å². The number of halogens is 1. The fraction of sp³-hybridized carbons (Fsp3) is 0.500. The largest absolute Gasteiger partial charge is 0.359 e. The van der Waals surface area contributed by atoms with Crippen LogP contribution in [0.3, 0.4) is 0 Å². The van der Waals surface area contributed by atoms with Gasteiger partial charge in [0.15, 0.2) is 0 Å². The predicted octanol–water partition coefficient (Wildman–Crippen LogP) is 4.10. The van der Waals surface area contributed by atoms with E-state index in [0.717, 1.165) is 23.1 Å². The molecule has 4 heteroatoms. The van der Waals surface area contributed by atoms with Gasteiger partial charge in [-0.05, 0) is 56.4 Å². The number of hydrogen-bond donors (Lipinski definition) is 1. The fourth-order valence-corrected chi connectivity index (χ4v) is 2.64. The summed E-state index contributed by atoms with van der Waals surface area (Å²) < 4.78 is 14.1. The fourth-order valence-electron chi connectivity index (χ4n) is 2.64. The van der Waals surface area contributed by atoms with Gasteiger partial charge in [0.05, 0.1) is 5.69 Å². The zero-order valence-electron chi connectivity index (χ0n) is 14.0. The molecule has 120 valence electrons. The van der Waals surface area contributed by atoms with Crippen LogP contribution < -0.4 is 5.32 Å². The minimum absolute atomic E-state index is 0.0446. The molecule has 1 aliphatic rings. The van der Waals surface area contributed by atoms with Crippen molar-refractivity contribution in [3.63, 3.8) is 0 Å². The van der Waals surface area contributed by atoms with Crippen molar-refractivity contribution < 1.29 is 9.18 Å². The molecule has 0 aromatic heterocycles. The molecule has 0 spiro atoms. The van der Waals surface area contributed by atoms with E-state index in [1.54, 1.807) is 6.07 Å². The molecular formula is C18H25FN2O. The third-order valence-corrected chi connectivity index (χ3v) is 4.26. The van der Waals surface area contributed by atoms with E-state index in [9.17, 15) is 9.18 Å². The molecule has 1 aromatic rings. The maximum Gasteiger partial charge on any atom is 0.251 e. The van der Waals surface area contributed by atoms with Gasteiger partial charge >= 0.3 is 0 Å². The Morgan fingerprint density at radius 3 is 2.55 bits per heavy atom. The molecule has 1 aromatic carbocycles. The smallest absolute Gasteiger partial charge is 0.251 e. The number of anilines is 1. The SMILES string of the molecule is CC1=C(C)[C@@H](Nc2ccc(C)cc2F)N(CCC(C)C)C1=O. The Morgan fingerprint density at radius 1 is 1.27 bits per heavy atom. The standard InChI is InChI=1S/C18H25FN2O/c1-11(2)8-9-21-17(13(4)14(5)18(21)22)20-16-7-6-12(3)10-15(16)19/h6-7,10-11,17,20H,8-9H2,1-5H3/t17-/m0/s1. The summed E-state index contributed by atoms with van der Waals surface area (Å²) >= 11 is 0. The van der Waals surface area contributed by atoms with E-state index in [0.29, 0.717) is 18.2 Å². The van der Waals surface area contributed by atoms with Crippen LogP contribution in [0, 0.1) is 18.7 Å². The van der Waals surface area contributed by atoms with E-state index >= 15 is 0 Å². The van der Waals surface area contributed by atoms with Gasteiger partial charge in [-0.25, -0.2) is 4.39 Å². The van der Waals surface area contributed by atoms with Crippen LogP contribution in [0.15, 0.2) is 29.3 Å². The highest BCUT2D eigenvalue weighted by Gasteiger charge is 2.34. The van der Waals surface area contributed by atoms with Crippen molar-refractivity contribution in [3.05, 3.63) is 40.7 Å². The minimum Gasteiger partial charge on any atom is -0.359 e. The van der Waals surface area contributed by atoms with Gasteiger partial charge in [-0.15, -0.1) is 0 Å². The monoisotopic (exact) mass is 304 g/mol. The van der Waals surface area contributed by atoms with E-state index in [2.05, 4.69) is 19.2 Å². The van der Waals surface area contributed by atoms with Crippen LogP contribution in [-0.4, -0.2) is 23.5 Å². The van der Waals surface area contributed by atoms with Crippen LogP contribution in [0.1, 0.15) is 39.7 Å². The molecule has 1 heterocycles. The summed E-state index contributed by atoms with van der Waals surface area (Å²) in [7, 11) is 0. The Labute approximate surface area is 132 Å². The summed E-state index contributed by atoms with van der Waals surface area (Å²) in [6.45, 7) is 10.6. The highest BCUT2D eigenvalue weighted by molar-refractivity contribution is 5.97. The van der Waals surface area contributed by atoms with Gasteiger partial charge in [0, 0.05) is 12.1 Å². The van der Waals surface area contributed by atoms with Crippen LogP contribution >= 0.6 is 0 Å². The number of aryl methyl sites for hydroxylation is 1. The average Bonchev–Trinajstić information content (AvgIpc) is 2.64. The van der Waals surface area contributed by atoms with Crippen molar-refractivity contribution >= 4 is 11.6 Å². The van der Waals surface area contributed by atoms with Gasteiger partial charge in [0.2, 0.25) is 0 Å². The van der Waals surface area contributed by atoms with E-state index < -0.39 is 0 Å². The molecular weight excluding hydrogens is 279 g/mol. The number of nitrogens with one attached hydrogen (secondary N) is 1. The highest BCUT2D eigenvalue weighted by atomic mass is 19.1. The second-order valence-electron chi connectivity index (χ2n) is 6.52. The molecule has 2 rings (SSSR count). The van der Waals surface area contributed by atoms with Gasteiger partial charge in [-0.2, -0.15) is 0 Å². The molecule has 1 atom stereocenters. The average molecular weight is 304 g/mol. The van der Waals surface area contributed by atoms with Crippen LogP contribution in [-0.2, 0) is 4.79 Å². The molecule has 0 saturated heterocycles. The van der Waals surface area contributed by atoms with Gasteiger partial charge in [0.25, 0.3) is 5.91 Å². The quantitative estimate of drug-likeness (QED) is 0.888. The van der Waals surface area contributed by atoms with Crippen LogP contribution in [0.2, 0.25) is 0 Å². The molecule has 0 aliphatic carbocycles. The lowest BCUT2D eigenvalue weighted by atomic mass is 10.1. The van der Waals surface area contributed by atoms with Crippen LogP contribution in [0.25, 0.3) is 0 Å². The zero-order valence-corrected chi connectivity index (χ0v) is 14.0. The summed E-state index contributed by atoms with van der Waals surface area (Å²) in [6, 6.07) is 5.10. The molecule has 0 saturated carbocycles. The normalized spacial score (nSPS) is 18.6. The predicted molar refractivity (Wildman–Crippen MR) is 88.1 cm³/mol. The summed E-state index contributed by atoms with van der Waals surface area (Å²) in [5.74, 6) is 0.280. The summed E-state index contributed by atoms with van der Waals surface area (Å²) in [5, 5.41) is 3.19. The lowest BCUT2D eigenvalue weighted by Crippen LogP contribution is -2.41. The van der Waals surface area contributed by atoms with E-state index in [1.165, 1.54) is 6.07 Å². The summed E-state index contributed by atoms with van der Waals surface area (Å²) in [4.78, 5) is 14.2. The molecule has 1 N–H and O–H groups in total. The van der Waals surface area contributed by atoms with Crippen molar-refractivity contribution in [3.8, 4) is 0 Å². The molecule has 1 amide bonds. The van der Waals surface area contributed by atoms with E-state index in [-0.39, 0.29) is 17.9 Å². The first-order chi connectivity index (χ1) is 10.3. The molecule has 0 radical (unpaired) electrons. The van der Waals surface area contributed by atoms with Crippen molar-refractivity contribution in [2.75, 3.05) is 11.9 Å². The lowest BCUT2D eigenvalue weighted by Gasteiger charge is -2.29. The maximum atomic E-state index is 14.1. The van der Waals surface area contributed by atoms with Crippen molar-refractivity contribution in [1.29, 1.82) is 0 Å². The van der Waals surface area contributed by atoms with E-state index in [1.807, 2.05) is 31.7 Å². The lowest BCUT2D eigenvalue weighted by molar-refractivity contribution is -0.126. The third kappa shape index (κ3) is 3.32. The maximum absolute atomic E-state index is 14.1. The molecule has 0 unspecified atom stereocenters. The molecule has 3 nitrogen and oxygen atoms in total. The Bertz CT molecular complexity index is 607. The third-order valence-electron chi connectivity index (χ3n) is 4.26. The number of hydrogen-bond acceptors (Lipinski definition) is 2. The Kier molecular flexibility index (Phi) is 4.89. The number of rotatable bonds is 5. The number of amides is 1. The number of nitrogens with zero attached hydrogens (tertiary/aromatic N) is 1. The second kappa shape index (κ2) is 6.51. The van der Waals surface area contributed by atoms with Crippen molar-refractivity contribution in [1.82, 2.24) is 4.90 Å². The Hall–Kier alpha value is -1.84. The first-order valence-electron chi connectivity index (χ1n) is 7.82. The first-order valence-corrected chi connectivity index (χ1v) is 7.82. The Balaban J connectivity index is 2.23. The topological polar surface area (TPSA) is 32.3 Å². The number of benzene rings is 1. The van der Waals surface area contributed by atoms with Gasteiger partial charge < -0.3 is 10.2 Å². The van der Waals surface area contributed by atoms with Gasteiger partial charge in [-0.1, -0.05) is 19.9 Å². The van der Waals surface area contributed by atoms with Gasteiger partial charge in [-0.3, -0.25) is 4.79 Å². The summed E-state index contributed by atoms with van der Waals surface area (Å²) in [5.41, 5.74) is 3.04. The van der Waals surface area contributed by atoms with Crippen LogP contribution in [0.4, 0.5) is 10.1 Å². The summed E-state index contributed by atoms with van der Waals surface area (Å²) in [6.07, 6.45) is 0.671. The molecule has 0 fully saturated rings. The molecule has 0 bridgehead atoms. The minimum atomic E-state index is -0.284. The number of carbonyl (C=O) groups excluding carboxylic acids is 1. The first kappa shape index (κ1) is 16.5. The van der Waals surface area contributed by atoms with Gasteiger partial charge in [0.1, 0.15) is 12.0 Å². The Morgan fingerprint density at radius 2 is 1.95 bits per heavy atom. The number of carbonyl (C=O) groups is 1. The van der Waals surface area contributed by atoms with Crippen molar-refractivity contribution in [2.45, 2.75) is 47.2 Å². The molecule has 1 aliphatic heterocycles. The zero-order chi connectivity index (χ0) is 16.4. The van der Waals surface area contributed by atoms with Crippen LogP contribution in [0.5, 0.6) is 0 Å². The van der Waals surface area contributed by atoms with E-state index in [4.69, 9.17) is 0 Å². The highest BCUT2D eigenvalue weighted by Crippen LogP contribution is 2.28.